The standard InChI is InChI=1S/C19H17BrN2O2/c20-16-7-4-13(5-8-16)19(23)14-6-9-17-15(11-14)12-21-22(17)18-3-1-2-10-24-18/h4-9,11-12,18H,1-3,10H2. The van der Waals surface area contributed by atoms with Gasteiger partial charge in [0.05, 0.1) is 11.7 Å². The second-order valence-electron chi connectivity index (χ2n) is 6.02. The third-order valence-corrected chi connectivity index (χ3v) is 4.92. The lowest BCUT2D eigenvalue weighted by Gasteiger charge is -2.23. The summed E-state index contributed by atoms with van der Waals surface area (Å²) in [7, 11) is 0. The molecule has 1 aromatic heterocycles. The van der Waals surface area contributed by atoms with Gasteiger partial charge in [0.25, 0.3) is 0 Å². The topological polar surface area (TPSA) is 44.1 Å². The number of rotatable bonds is 3. The molecule has 24 heavy (non-hydrogen) atoms. The average Bonchev–Trinajstić information content (AvgIpc) is 3.05. The molecule has 1 aliphatic heterocycles. The quantitative estimate of drug-likeness (QED) is 0.613. The predicted molar refractivity (Wildman–Crippen MR) is 96.1 cm³/mol. The van der Waals surface area contributed by atoms with Crippen LogP contribution in [0.2, 0.25) is 0 Å². The van der Waals surface area contributed by atoms with Gasteiger partial charge in [0, 0.05) is 27.6 Å². The third kappa shape index (κ3) is 2.89. The van der Waals surface area contributed by atoms with Crippen LogP contribution < -0.4 is 0 Å². The number of ketones is 1. The van der Waals surface area contributed by atoms with E-state index in [-0.39, 0.29) is 12.0 Å². The number of halogens is 1. The molecule has 2 aromatic carbocycles. The first-order valence-corrected chi connectivity index (χ1v) is 8.91. The minimum atomic E-state index is 0.00396. The molecule has 3 aromatic rings. The Hall–Kier alpha value is -1.98. The molecule has 0 radical (unpaired) electrons. The second-order valence-corrected chi connectivity index (χ2v) is 6.94. The van der Waals surface area contributed by atoms with Gasteiger partial charge in [-0.3, -0.25) is 4.79 Å². The molecule has 5 heteroatoms. The Morgan fingerprint density at radius 2 is 1.92 bits per heavy atom. The molecule has 1 aliphatic rings. The lowest BCUT2D eigenvalue weighted by Crippen LogP contribution is -2.18. The maximum absolute atomic E-state index is 12.6. The molecule has 0 spiro atoms. The molecule has 1 fully saturated rings. The third-order valence-electron chi connectivity index (χ3n) is 4.39. The highest BCUT2D eigenvalue weighted by molar-refractivity contribution is 9.10. The summed E-state index contributed by atoms with van der Waals surface area (Å²) in [4.78, 5) is 12.6. The molecular weight excluding hydrogens is 368 g/mol. The van der Waals surface area contributed by atoms with Gasteiger partial charge >= 0.3 is 0 Å². The van der Waals surface area contributed by atoms with E-state index in [2.05, 4.69) is 21.0 Å². The van der Waals surface area contributed by atoms with Crippen LogP contribution in [0.1, 0.15) is 41.4 Å². The lowest BCUT2D eigenvalue weighted by molar-refractivity contribution is -0.0366. The van der Waals surface area contributed by atoms with E-state index in [1.54, 1.807) is 0 Å². The minimum Gasteiger partial charge on any atom is -0.356 e. The fraction of sp³-hybridized carbons (Fsp3) is 0.263. The summed E-state index contributed by atoms with van der Waals surface area (Å²) in [6.07, 6.45) is 5.07. The summed E-state index contributed by atoms with van der Waals surface area (Å²) in [5.41, 5.74) is 2.36. The largest absolute Gasteiger partial charge is 0.356 e. The summed E-state index contributed by atoms with van der Waals surface area (Å²) in [5, 5.41) is 5.44. The van der Waals surface area contributed by atoms with Gasteiger partial charge in [-0.25, -0.2) is 4.68 Å². The highest BCUT2D eigenvalue weighted by Crippen LogP contribution is 2.27. The van der Waals surface area contributed by atoms with Gasteiger partial charge in [0.1, 0.15) is 0 Å². The van der Waals surface area contributed by atoms with Crippen molar-refractivity contribution >= 4 is 32.6 Å². The van der Waals surface area contributed by atoms with Crippen molar-refractivity contribution < 1.29 is 9.53 Å². The summed E-state index contributed by atoms with van der Waals surface area (Å²) >= 11 is 3.39. The summed E-state index contributed by atoms with van der Waals surface area (Å²) < 4.78 is 8.71. The van der Waals surface area contributed by atoms with Gasteiger partial charge in [-0.2, -0.15) is 5.10 Å². The van der Waals surface area contributed by atoms with E-state index in [0.29, 0.717) is 11.1 Å². The second kappa shape index (κ2) is 6.49. The normalized spacial score (nSPS) is 18.0. The van der Waals surface area contributed by atoms with Crippen LogP contribution in [0.25, 0.3) is 10.9 Å². The van der Waals surface area contributed by atoms with Crippen LogP contribution >= 0.6 is 15.9 Å². The van der Waals surface area contributed by atoms with Crippen molar-refractivity contribution in [1.29, 1.82) is 0 Å². The van der Waals surface area contributed by atoms with Crippen molar-refractivity contribution in [3.8, 4) is 0 Å². The van der Waals surface area contributed by atoms with Crippen molar-refractivity contribution in [1.82, 2.24) is 9.78 Å². The van der Waals surface area contributed by atoms with Crippen molar-refractivity contribution in [2.75, 3.05) is 6.61 Å². The maximum Gasteiger partial charge on any atom is 0.193 e. The Bertz CT molecular complexity index is 880. The van der Waals surface area contributed by atoms with Crippen molar-refractivity contribution in [3.63, 3.8) is 0 Å². The van der Waals surface area contributed by atoms with Gasteiger partial charge in [0.15, 0.2) is 12.0 Å². The fourth-order valence-corrected chi connectivity index (χ4v) is 3.37. The van der Waals surface area contributed by atoms with Crippen LogP contribution in [0.3, 0.4) is 0 Å². The van der Waals surface area contributed by atoms with E-state index in [1.165, 1.54) is 0 Å². The number of carbonyl (C=O) groups is 1. The monoisotopic (exact) mass is 384 g/mol. The van der Waals surface area contributed by atoms with E-state index in [0.717, 1.165) is 41.2 Å². The highest BCUT2D eigenvalue weighted by atomic mass is 79.9. The number of hydrogen-bond donors (Lipinski definition) is 0. The molecule has 122 valence electrons. The Morgan fingerprint density at radius 3 is 2.67 bits per heavy atom. The minimum absolute atomic E-state index is 0.00396. The molecule has 1 atom stereocenters. The average molecular weight is 385 g/mol. The van der Waals surface area contributed by atoms with E-state index < -0.39 is 0 Å². The fourth-order valence-electron chi connectivity index (χ4n) is 3.11. The first kappa shape index (κ1) is 15.5. The molecule has 0 aliphatic carbocycles. The first-order chi connectivity index (χ1) is 11.7. The van der Waals surface area contributed by atoms with Gasteiger partial charge in [-0.1, -0.05) is 15.9 Å². The Morgan fingerprint density at radius 1 is 1.12 bits per heavy atom. The molecule has 1 unspecified atom stereocenters. The SMILES string of the molecule is O=C(c1ccc(Br)cc1)c1ccc2c(cnn2C2CCCCO2)c1. The number of aromatic nitrogens is 2. The van der Waals surface area contributed by atoms with E-state index in [4.69, 9.17) is 4.74 Å². The van der Waals surface area contributed by atoms with Crippen LogP contribution in [0.15, 0.2) is 53.1 Å². The first-order valence-electron chi connectivity index (χ1n) is 8.11. The van der Waals surface area contributed by atoms with Crippen LogP contribution in [0, 0.1) is 0 Å². The molecule has 0 amide bonds. The molecule has 2 heterocycles. The summed E-state index contributed by atoms with van der Waals surface area (Å²) in [6, 6.07) is 13.2. The number of fused-ring (bicyclic) bond motifs is 1. The molecule has 4 rings (SSSR count). The van der Waals surface area contributed by atoms with Crippen molar-refractivity contribution in [3.05, 3.63) is 64.3 Å². The van der Waals surface area contributed by atoms with Crippen LogP contribution in [-0.2, 0) is 4.74 Å². The van der Waals surface area contributed by atoms with Crippen molar-refractivity contribution in [2.45, 2.75) is 25.5 Å². The molecule has 0 bridgehead atoms. The summed E-state index contributed by atoms with van der Waals surface area (Å²) in [6.45, 7) is 0.784. The molecule has 1 saturated heterocycles. The Balaban J connectivity index is 1.66. The highest BCUT2D eigenvalue weighted by Gasteiger charge is 2.19. The zero-order valence-corrected chi connectivity index (χ0v) is 14.7. The number of benzene rings is 2. The van der Waals surface area contributed by atoms with Gasteiger partial charge in [0.2, 0.25) is 0 Å². The van der Waals surface area contributed by atoms with E-state index in [1.807, 2.05) is 53.3 Å². The zero-order chi connectivity index (χ0) is 16.5. The number of ether oxygens (including phenoxy) is 1. The molecule has 0 saturated carbocycles. The van der Waals surface area contributed by atoms with Crippen LogP contribution in [0.5, 0.6) is 0 Å². The van der Waals surface area contributed by atoms with E-state index in [9.17, 15) is 4.79 Å². The number of hydrogen-bond acceptors (Lipinski definition) is 3. The maximum atomic E-state index is 12.6. The molecule has 0 N–H and O–H groups in total. The Labute approximate surface area is 148 Å². The van der Waals surface area contributed by atoms with Gasteiger partial charge in [-0.15, -0.1) is 0 Å². The van der Waals surface area contributed by atoms with Gasteiger partial charge < -0.3 is 4.74 Å². The number of carbonyl (C=O) groups excluding carboxylic acids is 1. The zero-order valence-electron chi connectivity index (χ0n) is 13.1. The molecular formula is C19H17BrN2O2. The van der Waals surface area contributed by atoms with Crippen LogP contribution in [-0.4, -0.2) is 22.2 Å². The molecule has 4 nitrogen and oxygen atoms in total. The summed E-state index contributed by atoms with van der Waals surface area (Å²) in [5.74, 6) is 0.0195. The number of nitrogens with zero attached hydrogens (tertiary/aromatic N) is 2. The van der Waals surface area contributed by atoms with Gasteiger partial charge in [-0.05, 0) is 61.7 Å². The Kier molecular flexibility index (Phi) is 4.21. The smallest absolute Gasteiger partial charge is 0.193 e. The lowest BCUT2D eigenvalue weighted by atomic mass is 10.0. The van der Waals surface area contributed by atoms with Crippen molar-refractivity contribution in [2.24, 2.45) is 0 Å². The van der Waals surface area contributed by atoms with Crippen LogP contribution in [0.4, 0.5) is 0 Å². The van der Waals surface area contributed by atoms with E-state index >= 15 is 0 Å². The predicted octanol–water partition coefficient (Wildman–Crippen LogP) is 4.73.